The van der Waals surface area contributed by atoms with E-state index in [-0.39, 0.29) is 7.43 Å². The van der Waals surface area contributed by atoms with Gasteiger partial charge in [-0.15, -0.1) is 0 Å². The number of aliphatic hydroxyl groups excluding tert-OH is 2. The molecule has 0 aliphatic carbocycles. The highest BCUT2D eigenvalue weighted by atomic mass is 16.5. The lowest BCUT2D eigenvalue weighted by Crippen LogP contribution is -1.69. The van der Waals surface area contributed by atoms with E-state index in [4.69, 9.17) is 15.3 Å². The molecular weight excluding hydrogens is 108 g/mol. The van der Waals surface area contributed by atoms with Gasteiger partial charge < -0.3 is 15.3 Å². The molecule has 0 atom stereocenters. The molecule has 0 radical (unpaired) electrons. The Hall–Kier alpha value is -0.120. The molecule has 3 heteroatoms. The molecular formula is C5H16O3. The van der Waals surface area contributed by atoms with Crippen molar-refractivity contribution in [3.8, 4) is 0 Å². The van der Waals surface area contributed by atoms with Crippen molar-refractivity contribution in [3.63, 3.8) is 0 Å². The van der Waals surface area contributed by atoms with E-state index in [2.05, 4.69) is 0 Å². The summed E-state index contributed by atoms with van der Waals surface area (Å²) in [5.41, 5.74) is 0. The Kier molecular flexibility index (Phi) is 56.1. The molecule has 0 saturated heterocycles. The van der Waals surface area contributed by atoms with E-state index in [1.807, 2.05) is 6.92 Å². The predicted molar refractivity (Wildman–Crippen MR) is 33.4 cm³/mol. The van der Waals surface area contributed by atoms with Crippen molar-refractivity contribution in [2.75, 3.05) is 13.4 Å². The Bertz CT molecular complexity index is 15.1. The fraction of sp³-hybridized carbons (Fsp3) is 1.00. The van der Waals surface area contributed by atoms with Crippen molar-refractivity contribution in [3.05, 3.63) is 0 Å². The summed E-state index contributed by atoms with van der Waals surface area (Å²) in [5.74, 6) is 0. The lowest BCUT2D eigenvalue weighted by molar-refractivity contribution is 0.0773. The average molecular weight is 124 g/mol. The van der Waals surface area contributed by atoms with E-state index in [9.17, 15) is 0 Å². The molecule has 0 aliphatic heterocycles. The molecule has 0 fully saturated rings. The molecule has 0 aromatic carbocycles. The quantitative estimate of drug-likeness (QED) is 0.430. The second kappa shape index (κ2) is 28.7. The fourth-order valence-corrected chi connectivity index (χ4v) is 0. The molecule has 3 nitrogen and oxygen atoms in total. The largest absolute Gasteiger partial charge is 0.396 e. The van der Waals surface area contributed by atoms with Crippen LogP contribution in [0, 0.1) is 0 Å². The molecule has 0 aromatic heterocycles. The van der Waals surface area contributed by atoms with Crippen LogP contribution in [0.2, 0.25) is 0 Å². The first-order valence-electron chi connectivity index (χ1n) is 2.16. The van der Waals surface area contributed by atoms with Gasteiger partial charge in [-0.2, -0.15) is 0 Å². The normalized spacial score (nSPS) is 6.00. The highest BCUT2D eigenvalue weighted by Crippen LogP contribution is 1.61. The third kappa shape index (κ3) is 181. The molecule has 0 unspecified atom stereocenters. The van der Waals surface area contributed by atoms with Gasteiger partial charge in [0.15, 0.2) is 0 Å². The average Bonchev–Trinajstić information content (AvgIpc) is 1.69. The summed E-state index contributed by atoms with van der Waals surface area (Å²) in [6.07, 6.45) is 0.875. The highest BCUT2D eigenvalue weighted by molar-refractivity contribution is 4.10. The third-order valence-corrected chi connectivity index (χ3v) is 0.224. The molecule has 0 saturated carbocycles. The van der Waals surface area contributed by atoms with E-state index in [1.165, 1.54) is 0 Å². The maximum atomic E-state index is 7.88. The topological polar surface area (TPSA) is 60.7 Å². The minimum Gasteiger partial charge on any atom is -0.396 e. The minimum atomic E-state index is -0.750. The first-order valence-corrected chi connectivity index (χ1v) is 2.16. The van der Waals surface area contributed by atoms with Gasteiger partial charge in [0.05, 0.1) is 0 Å². The molecule has 0 bridgehead atoms. The summed E-state index contributed by atoms with van der Waals surface area (Å²) in [6, 6.07) is 0. The summed E-state index contributed by atoms with van der Waals surface area (Å²) in [7, 11) is 0. The zero-order valence-electron chi connectivity index (χ0n) is 4.46. The summed E-state index contributed by atoms with van der Waals surface area (Å²) in [4.78, 5) is 0. The zero-order chi connectivity index (χ0) is 6.12. The standard InChI is InChI=1S/C3H8O.CH4O2.CH4/c1-2-3-4;2-1-3;/h4H,2-3H2,1H3;2-3H,1H2;1H4. The molecule has 0 spiro atoms. The van der Waals surface area contributed by atoms with Crippen molar-refractivity contribution in [1.29, 1.82) is 0 Å². The summed E-state index contributed by atoms with van der Waals surface area (Å²) in [5, 5.41) is 22.1. The lowest BCUT2D eigenvalue weighted by atomic mass is 10.5. The molecule has 0 aliphatic rings. The van der Waals surface area contributed by atoms with Crippen molar-refractivity contribution in [2.45, 2.75) is 20.8 Å². The molecule has 0 aromatic rings. The smallest absolute Gasteiger partial charge is 0.140 e. The van der Waals surface area contributed by atoms with E-state index in [0.717, 1.165) is 6.42 Å². The van der Waals surface area contributed by atoms with Gasteiger partial charge in [0.2, 0.25) is 0 Å². The Balaban J connectivity index is -0.0000000575. The number of hydrogen-bond donors (Lipinski definition) is 3. The van der Waals surface area contributed by atoms with Crippen molar-refractivity contribution in [2.24, 2.45) is 0 Å². The van der Waals surface area contributed by atoms with Crippen molar-refractivity contribution < 1.29 is 15.3 Å². The summed E-state index contributed by atoms with van der Waals surface area (Å²) < 4.78 is 0. The Labute approximate surface area is 50.6 Å². The number of rotatable bonds is 1. The van der Waals surface area contributed by atoms with Gasteiger partial charge in [0.25, 0.3) is 0 Å². The van der Waals surface area contributed by atoms with Crippen LogP contribution in [-0.2, 0) is 0 Å². The molecule has 8 heavy (non-hydrogen) atoms. The molecule has 0 amide bonds. The maximum Gasteiger partial charge on any atom is 0.140 e. The lowest BCUT2D eigenvalue weighted by Gasteiger charge is -1.69. The van der Waals surface area contributed by atoms with Crippen LogP contribution in [0.25, 0.3) is 0 Å². The van der Waals surface area contributed by atoms with Gasteiger partial charge in [-0.25, -0.2) is 0 Å². The maximum absolute atomic E-state index is 7.88. The van der Waals surface area contributed by atoms with Gasteiger partial charge in [0, 0.05) is 6.61 Å². The zero-order valence-corrected chi connectivity index (χ0v) is 4.46. The van der Waals surface area contributed by atoms with Crippen LogP contribution < -0.4 is 0 Å². The van der Waals surface area contributed by atoms with Crippen LogP contribution in [0.1, 0.15) is 20.8 Å². The van der Waals surface area contributed by atoms with Crippen LogP contribution in [-0.4, -0.2) is 28.7 Å². The van der Waals surface area contributed by atoms with E-state index in [1.54, 1.807) is 0 Å². The Morgan fingerprint density at radius 2 is 1.25 bits per heavy atom. The molecule has 54 valence electrons. The van der Waals surface area contributed by atoms with Gasteiger partial charge in [-0.1, -0.05) is 14.4 Å². The predicted octanol–water partition coefficient (Wildman–Crippen LogP) is -0.0467. The SMILES string of the molecule is C.CCCO.OCO. The van der Waals surface area contributed by atoms with Crippen LogP contribution >= 0.6 is 0 Å². The third-order valence-electron chi connectivity index (χ3n) is 0.224. The van der Waals surface area contributed by atoms with E-state index < -0.39 is 6.79 Å². The summed E-state index contributed by atoms with van der Waals surface area (Å²) in [6.45, 7) is 1.50. The monoisotopic (exact) mass is 124 g/mol. The van der Waals surface area contributed by atoms with Crippen molar-refractivity contribution in [1.82, 2.24) is 0 Å². The van der Waals surface area contributed by atoms with Crippen molar-refractivity contribution >= 4 is 0 Å². The first kappa shape index (κ1) is 15.7. The Morgan fingerprint density at radius 3 is 1.25 bits per heavy atom. The molecule has 0 heterocycles. The molecule has 0 rings (SSSR count). The van der Waals surface area contributed by atoms with Gasteiger partial charge in [-0.05, 0) is 6.42 Å². The van der Waals surface area contributed by atoms with Crippen LogP contribution in [0.4, 0.5) is 0 Å². The fourth-order valence-electron chi connectivity index (χ4n) is 0. The Morgan fingerprint density at radius 1 is 1.12 bits per heavy atom. The second-order valence-electron chi connectivity index (χ2n) is 0.865. The highest BCUT2D eigenvalue weighted by Gasteiger charge is 1.57. The van der Waals surface area contributed by atoms with Crippen LogP contribution in [0.3, 0.4) is 0 Å². The van der Waals surface area contributed by atoms with Crippen LogP contribution in [0.5, 0.6) is 0 Å². The number of aliphatic hydroxyl groups is 3. The van der Waals surface area contributed by atoms with Gasteiger partial charge in [0.1, 0.15) is 6.79 Å². The van der Waals surface area contributed by atoms with Crippen LogP contribution in [0.15, 0.2) is 0 Å². The van der Waals surface area contributed by atoms with Gasteiger partial charge >= 0.3 is 0 Å². The number of hydrogen-bond acceptors (Lipinski definition) is 3. The van der Waals surface area contributed by atoms with Gasteiger partial charge in [-0.3, -0.25) is 0 Å². The van der Waals surface area contributed by atoms with E-state index in [0.29, 0.717) is 6.61 Å². The summed E-state index contributed by atoms with van der Waals surface area (Å²) >= 11 is 0. The first-order chi connectivity index (χ1) is 3.33. The van der Waals surface area contributed by atoms with E-state index >= 15 is 0 Å². The molecule has 3 N–H and O–H groups in total. The minimum absolute atomic E-state index is 0. The second-order valence-corrected chi connectivity index (χ2v) is 0.865.